The maximum Gasteiger partial charge on any atom is 0.236 e. The van der Waals surface area contributed by atoms with E-state index in [1.54, 1.807) is 36.3 Å². The first kappa shape index (κ1) is 20.0. The lowest BCUT2D eigenvalue weighted by Gasteiger charge is -2.09. The van der Waals surface area contributed by atoms with E-state index in [1.807, 2.05) is 11.5 Å². The number of methoxy groups -OCH3 is 1. The van der Waals surface area contributed by atoms with E-state index in [-0.39, 0.29) is 17.5 Å². The number of nitrogens with one attached hydrogen (secondary N) is 1. The highest BCUT2D eigenvalue weighted by Crippen LogP contribution is 2.19. The summed E-state index contributed by atoms with van der Waals surface area (Å²) in [5.41, 5.74) is 1.40. The molecule has 0 saturated carbocycles. The fourth-order valence-electron chi connectivity index (χ4n) is 2.57. The Balaban J connectivity index is 1.62. The number of hydrogen-bond acceptors (Lipinski definition) is 6. The van der Waals surface area contributed by atoms with Crippen molar-refractivity contribution in [2.45, 2.75) is 25.0 Å². The number of ether oxygens (including phenoxy) is 1. The van der Waals surface area contributed by atoms with Gasteiger partial charge >= 0.3 is 0 Å². The quantitative estimate of drug-likeness (QED) is 0.436. The van der Waals surface area contributed by atoms with E-state index in [1.165, 1.54) is 23.9 Å². The van der Waals surface area contributed by atoms with Crippen molar-refractivity contribution in [1.29, 1.82) is 0 Å². The van der Waals surface area contributed by atoms with Crippen LogP contribution in [-0.2, 0) is 16.1 Å². The lowest BCUT2D eigenvalue weighted by Crippen LogP contribution is -2.17. The average Bonchev–Trinajstić information content (AvgIpc) is 3.27. The molecule has 0 radical (unpaired) electrons. The Kier molecular flexibility index (Phi) is 6.77. The number of carbonyl (C=O) groups excluding carboxylic acids is 1. The van der Waals surface area contributed by atoms with Crippen LogP contribution in [0.4, 0.5) is 10.2 Å². The maximum atomic E-state index is 13.2. The number of thioether (sulfide) groups is 1. The summed E-state index contributed by atoms with van der Waals surface area (Å²) in [7, 11) is 1.66. The van der Waals surface area contributed by atoms with Crippen molar-refractivity contribution >= 4 is 23.5 Å². The van der Waals surface area contributed by atoms with Crippen molar-refractivity contribution in [3.05, 3.63) is 48.2 Å². The second-order valence-corrected chi connectivity index (χ2v) is 6.99. The number of benzene rings is 1. The highest BCUT2D eigenvalue weighted by Gasteiger charge is 2.13. The molecule has 0 aliphatic rings. The zero-order chi connectivity index (χ0) is 19.9. The van der Waals surface area contributed by atoms with Crippen LogP contribution < -0.4 is 5.32 Å². The van der Waals surface area contributed by atoms with Gasteiger partial charge in [-0.1, -0.05) is 11.8 Å². The molecule has 1 aromatic carbocycles. The highest BCUT2D eigenvalue weighted by atomic mass is 32.2. The first-order valence-corrected chi connectivity index (χ1v) is 9.67. The molecule has 2 heterocycles. The number of aromatic nitrogens is 5. The highest BCUT2D eigenvalue weighted by molar-refractivity contribution is 7.99. The predicted octanol–water partition coefficient (Wildman–Crippen LogP) is 2.68. The van der Waals surface area contributed by atoms with Crippen LogP contribution in [0.5, 0.6) is 0 Å². The normalized spacial score (nSPS) is 11.0. The summed E-state index contributed by atoms with van der Waals surface area (Å²) >= 11 is 1.31. The van der Waals surface area contributed by atoms with Gasteiger partial charge in [0.25, 0.3) is 0 Å². The van der Waals surface area contributed by atoms with Gasteiger partial charge in [0.1, 0.15) is 18.0 Å². The molecule has 0 saturated heterocycles. The first-order valence-electron chi connectivity index (χ1n) is 8.69. The second kappa shape index (κ2) is 9.47. The van der Waals surface area contributed by atoms with Crippen LogP contribution in [0.25, 0.3) is 5.69 Å². The third-order valence-electron chi connectivity index (χ3n) is 3.83. The summed E-state index contributed by atoms with van der Waals surface area (Å²) in [6.45, 7) is 3.20. The van der Waals surface area contributed by atoms with Gasteiger partial charge in [0.2, 0.25) is 5.91 Å². The Morgan fingerprint density at radius 2 is 2.11 bits per heavy atom. The van der Waals surface area contributed by atoms with Crippen LogP contribution in [-0.4, -0.2) is 49.9 Å². The van der Waals surface area contributed by atoms with Gasteiger partial charge < -0.3 is 14.6 Å². The Hall–Kier alpha value is -2.72. The number of amides is 1. The molecule has 10 heteroatoms. The van der Waals surface area contributed by atoms with E-state index in [0.29, 0.717) is 23.3 Å². The van der Waals surface area contributed by atoms with E-state index in [2.05, 4.69) is 20.6 Å². The Morgan fingerprint density at radius 3 is 2.86 bits per heavy atom. The van der Waals surface area contributed by atoms with E-state index in [9.17, 15) is 9.18 Å². The van der Waals surface area contributed by atoms with Crippen molar-refractivity contribution in [1.82, 2.24) is 24.5 Å². The summed E-state index contributed by atoms with van der Waals surface area (Å²) < 4.78 is 21.7. The number of carbonyl (C=O) groups is 1. The molecule has 8 nitrogen and oxygen atoms in total. The fourth-order valence-corrected chi connectivity index (χ4v) is 3.31. The maximum absolute atomic E-state index is 13.2. The van der Waals surface area contributed by atoms with Crippen LogP contribution >= 0.6 is 11.8 Å². The van der Waals surface area contributed by atoms with Gasteiger partial charge in [0.15, 0.2) is 5.16 Å². The molecule has 0 aliphatic heterocycles. The van der Waals surface area contributed by atoms with Crippen molar-refractivity contribution in [3.63, 3.8) is 0 Å². The summed E-state index contributed by atoms with van der Waals surface area (Å²) in [4.78, 5) is 12.4. The minimum Gasteiger partial charge on any atom is -0.385 e. The van der Waals surface area contributed by atoms with Crippen LogP contribution in [0.15, 0.2) is 41.8 Å². The number of rotatable bonds is 9. The third-order valence-corrected chi connectivity index (χ3v) is 4.81. The van der Waals surface area contributed by atoms with E-state index in [0.717, 1.165) is 18.7 Å². The Labute approximate surface area is 166 Å². The molecule has 3 aromatic rings. The number of aryl methyl sites for hydroxylation is 2. The molecular formula is C18H21FN6O2S. The van der Waals surface area contributed by atoms with Crippen molar-refractivity contribution < 1.29 is 13.9 Å². The minimum absolute atomic E-state index is 0.177. The number of anilines is 1. The molecule has 1 N–H and O–H groups in total. The molecule has 0 spiro atoms. The standard InChI is InChI=1S/C18H21FN6O2S/c1-13-10-16(25(23-13)15-6-4-14(19)5-7-15)21-17(26)11-28-18-22-20-12-24(18)8-3-9-27-2/h4-7,10,12H,3,8-9,11H2,1-2H3,(H,21,26). The van der Waals surface area contributed by atoms with Crippen LogP contribution in [0.1, 0.15) is 12.1 Å². The Bertz CT molecular complexity index is 925. The molecule has 0 aliphatic carbocycles. The summed E-state index contributed by atoms with van der Waals surface area (Å²) in [5.74, 6) is 0.177. The molecule has 2 aromatic heterocycles. The Morgan fingerprint density at radius 1 is 1.32 bits per heavy atom. The largest absolute Gasteiger partial charge is 0.385 e. The SMILES string of the molecule is COCCCn1cnnc1SCC(=O)Nc1cc(C)nn1-c1ccc(F)cc1. The van der Waals surface area contributed by atoms with Gasteiger partial charge in [0.05, 0.1) is 17.1 Å². The summed E-state index contributed by atoms with van der Waals surface area (Å²) in [6, 6.07) is 7.68. The monoisotopic (exact) mass is 404 g/mol. The van der Waals surface area contributed by atoms with Gasteiger partial charge in [-0.3, -0.25) is 4.79 Å². The van der Waals surface area contributed by atoms with E-state index in [4.69, 9.17) is 4.74 Å². The van der Waals surface area contributed by atoms with Crippen LogP contribution in [0.3, 0.4) is 0 Å². The molecular weight excluding hydrogens is 383 g/mol. The van der Waals surface area contributed by atoms with Crippen LogP contribution in [0.2, 0.25) is 0 Å². The lowest BCUT2D eigenvalue weighted by atomic mass is 10.3. The van der Waals surface area contributed by atoms with Gasteiger partial charge in [-0.2, -0.15) is 5.10 Å². The number of halogens is 1. The fraction of sp³-hybridized carbons (Fsp3) is 0.333. The molecule has 1 amide bonds. The summed E-state index contributed by atoms with van der Waals surface area (Å²) in [6.07, 6.45) is 2.48. The average molecular weight is 404 g/mol. The molecule has 0 unspecified atom stereocenters. The molecule has 3 rings (SSSR count). The van der Waals surface area contributed by atoms with Crippen molar-refractivity contribution in [2.75, 3.05) is 24.8 Å². The van der Waals surface area contributed by atoms with Crippen molar-refractivity contribution in [2.24, 2.45) is 0 Å². The topological polar surface area (TPSA) is 86.9 Å². The molecule has 0 bridgehead atoms. The first-order chi connectivity index (χ1) is 13.6. The van der Waals surface area contributed by atoms with Gasteiger partial charge in [-0.05, 0) is 37.6 Å². The zero-order valence-corrected chi connectivity index (χ0v) is 16.4. The van der Waals surface area contributed by atoms with Crippen LogP contribution in [0, 0.1) is 12.7 Å². The number of hydrogen-bond donors (Lipinski definition) is 1. The molecule has 148 valence electrons. The van der Waals surface area contributed by atoms with Gasteiger partial charge in [-0.15, -0.1) is 10.2 Å². The van der Waals surface area contributed by atoms with Crippen molar-refractivity contribution in [3.8, 4) is 5.69 Å². The zero-order valence-electron chi connectivity index (χ0n) is 15.6. The predicted molar refractivity (Wildman–Crippen MR) is 104 cm³/mol. The smallest absolute Gasteiger partial charge is 0.236 e. The molecule has 0 atom stereocenters. The number of nitrogens with zero attached hydrogens (tertiary/aromatic N) is 5. The summed E-state index contributed by atoms with van der Waals surface area (Å²) in [5, 5.41) is 15.8. The molecule has 0 fully saturated rings. The third kappa shape index (κ3) is 5.17. The molecule has 28 heavy (non-hydrogen) atoms. The van der Waals surface area contributed by atoms with Gasteiger partial charge in [0, 0.05) is 26.3 Å². The second-order valence-electron chi connectivity index (χ2n) is 6.05. The van der Waals surface area contributed by atoms with E-state index < -0.39 is 0 Å². The van der Waals surface area contributed by atoms with E-state index >= 15 is 0 Å². The van der Waals surface area contributed by atoms with Gasteiger partial charge in [-0.25, -0.2) is 9.07 Å². The minimum atomic E-state index is -0.329. The lowest BCUT2D eigenvalue weighted by molar-refractivity contribution is -0.113.